The Morgan fingerprint density at radius 2 is 2.00 bits per heavy atom. The van der Waals surface area contributed by atoms with E-state index in [1.54, 1.807) is 11.4 Å². The lowest BCUT2D eigenvalue weighted by Gasteiger charge is -2.21. The number of amides is 1. The SMILES string of the molecule is COCCn1c(=O)c2sccc2n(CC(=O)NC(C)(C)C)c1=O. The molecule has 0 aliphatic heterocycles. The number of carbonyl (C=O) groups excluding carboxylic acids is 1. The number of fused-ring (bicyclic) bond motifs is 1. The van der Waals surface area contributed by atoms with E-state index in [1.807, 2.05) is 20.8 Å². The first-order valence-electron chi connectivity index (χ1n) is 7.25. The Morgan fingerprint density at radius 1 is 1.30 bits per heavy atom. The van der Waals surface area contributed by atoms with Crippen molar-refractivity contribution in [1.29, 1.82) is 0 Å². The highest BCUT2D eigenvalue weighted by Crippen LogP contribution is 2.15. The van der Waals surface area contributed by atoms with Crippen LogP contribution in [0.15, 0.2) is 21.0 Å². The molecule has 0 fully saturated rings. The first-order valence-corrected chi connectivity index (χ1v) is 8.13. The van der Waals surface area contributed by atoms with Gasteiger partial charge in [-0.3, -0.25) is 18.7 Å². The van der Waals surface area contributed by atoms with Gasteiger partial charge >= 0.3 is 5.69 Å². The normalized spacial score (nSPS) is 11.8. The van der Waals surface area contributed by atoms with Crippen LogP contribution in [0.2, 0.25) is 0 Å². The number of hydrogen-bond donors (Lipinski definition) is 1. The van der Waals surface area contributed by atoms with Gasteiger partial charge in [0.15, 0.2) is 0 Å². The van der Waals surface area contributed by atoms with Crippen molar-refractivity contribution in [1.82, 2.24) is 14.5 Å². The lowest BCUT2D eigenvalue weighted by atomic mass is 10.1. The first kappa shape index (κ1) is 17.4. The number of aromatic nitrogens is 2. The van der Waals surface area contributed by atoms with Crippen LogP contribution in [-0.2, 0) is 22.6 Å². The number of hydrogen-bond acceptors (Lipinski definition) is 5. The van der Waals surface area contributed by atoms with E-state index in [4.69, 9.17) is 4.74 Å². The summed E-state index contributed by atoms with van der Waals surface area (Å²) >= 11 is 1.26. The van der Waals surface area contributed by atoms with E-state index in [2.05, 4.69) is 5.32 Å². The van der Waals surface area contributed by atoms with Crippen LogP contribution in [-0.4, -0.2) is 34.3 Å². The third kappa shape index (κ3) is 3.89. The molecule has 8 heteroatoms. The van der Waals surface area contributed by atoms with Gasteiger partial charge in [0.1, 0.15) is 11.2 Å². The summed E-state index contributed by atoms with van der Waals surface area (Å²) in [5.74, 6) is -0.274. The molecule has 2 heterocycles. The predicted octanol–water partition coefficient (Wildman–Crippen LogP) is 0.786. The Morgan fingerprint density at radius 3 is 2.61 bits per heavy atom. The highest BCUT2D eigenvalue weighted by molar-refractivity contribution is 7.17. The maximum Gasteiger partial charge on any atom is 0.332 e. The fourth-order valence-electron chi connectivity index (χ4n) is 2.27. The zero-order valence-corrected chi connectivity index (χ0v) is 14.5. The van der Waals surface area contributed by atoms with Crippen molar-refractivity contribution in [3.8, 4) is 0 Å². The number of rotatable bonds is 5. The summed E-state index contributed by atoms with van der Waals surface area (Å²) < 4.78 is 7.87. The highest BCUT2D eigenvalue weighted by Gasteiger charge is 2.18. The van der Waals surface area contributed by atoms with E-state index in [0.717, 1.165) is 4.57 Å². The van der Waals surface area contributed by atoms with Gasteiger partial charge in [-0.1, -0.05) is 0 Å². The Hall–Kier alpha value is -1.93. The molecular weight excluding hydrogens is 318 g/mol. The molecule has 2 aromatic heterocycles. The lowest BCUT2D eigenvalue weighted by Crippen LogP contribution is -2.46. The zero-order chi connectivity index (χ0) is 17.2. The van der Waals surface area contributed by atoms with E-state index in [9.17, 15) is 14.4 Å². The average molecular weight is 339 g/mol. The summed E-state index contributed by atoms with van der Waals surface area (Å²) in [7, 11) is 1.50. The van der Waals surface area contributed by atoms with Gasteiger partial charge in [0, 0.05) is 12.6 Å². The van der Waals surface area contributed by atoms with Crippen molar-refractivity contribution < 1.29 is 9.53 Å². The third-order valence-electron chi connectivity index (χ3n) is 3.17. The van der Waals surface area contributed by atoms with Crippen LogP contribution >= 0.6 is 11.3 Å². The maximum atomic E-state index is 12.6. The Kier molecular flexibility index (Phi) is 5.06. The molecule has 0 atom stereocenters. The number of ether oxygens (including phenoxy) is 1. The van der Waals surface area contributed by atoms with Crippen molar-refractivity contribution in [2.45, 2.75) is 39.4 Å². The molecule has 0 aliphatic carbocycles. The second-order valence-electron chi connectivity index (χ2n) is 6.25. The smallest absolute Gasteiger partial charge is 0.332 e. The molecule has 0 radical (unpaired) electrons. The molecular formula is C15H21N3O4S. The molecule has 0 spiro atoms. The number of methoxy groups -OCH3 is 1. The van der Waals surface area contributed by atoms with Gasteiger partial charge < -0.3 is 10.1 Å². The Balaban J connectivity index is 2.50. The van der Waals surface area contributed by atoms with E-state index < -0.39 is 5.69 Å². The lowest BCUT2D eigenvalue weighted by molar-refractivity contribution is -0.123. The summed E-state index contributed by atoms with van der Waals surface area (Å²) in [6, 6.07) is 1.69. The molecule has 0 aromatic carbocycles. The van der Waals surface area contributed by atoms with Crippen LogP contribution in [0.1, 0.15) is 20.8 Å². The summed E-state index contributed by atoms with van der Waals surface area (Å²) in [6.07, 6.45) is 0. The molecule has 23 heavy (non-hydrogen) atoms. The molecule has 0 unspecified atom stereocenters. The molecule has 0 bridgehead atoms. The van der Waals surface area contributed by atoms with Gasteiger partial charge in [-0.15, -0.1) is 11.3 Å². The second kappa shape index (κ2) is 6.67. The molecule has 7 nitrogen and oxygen atoms in total. The molecule has 1 N–H and O–H groups in total. The minimum atomic E-state index is -0.498. The fraction of sp³-hybridized carbons (Fsp3) is 0.533. The van der Waals surface area contributed by atoms with Crippen molar-refractivity contribution in [3.63, 3.8) is 0 Å². The van der Waals surface area contributed by atoms with Crippen molar-refractivity contribution in [2.75, 3.05) is 13.7 Å². The van der Waals surface area contributed by atoms with Gasteiger partial charge in [0.05, 0.1) is 18.7 Å². The van der Waals surface area contributed by atoms with Crippen molar-refractivity contribution in [3.05, 3.63) is 32.3 Å². The number of carbonyl (C=O) groups is 1. The number of thiophene rings is 1. The van der Waals surface area contributed by atoms with Gasteiger partial charge in [0.25, 0.3) is 5.56 Å². The van der Waals surface area contributed by atoms with Gasteiger partial charge in [-0.2, -0.15) is 0 Å². The molecule has 2 aromatic rings. The molecule has 2 rings (SSSR count). The van der Waals surface area contributed by atoms with E-state index in [1.165, 1.54) is 23.0 Å². The fourth-order valence-corrected chi connectivity index (χ4v) is 3.11. The van der Waals surface area contributed by atoms with Crippen LogP contribution in [0.4, 0.5) is 0 Å². The largest absolute Gasteiger partial charge is 0.383 e. The summed E-state index contributed by atoms with van der Waals surface area (Å²) in [5.41, 5.74) is -0.742. The minimum Gasteiger partial charge on any atom is -0.383 e. The summed E-state index contributed by atoms with van der Waals surface area (Å²) in [6.45, 7) is 5.88. The maximum absolute atomic E-state index is 12.6. The van der Waals surface area contributed by atoms with Crippen LogP contribution in [0.3, 0.4) is 0 Å². The summed E-state index contributed by atoms with van der Waals surface area (Å²) in [4.78, 5) is 37.2. The summed E-state index contributed by atoms with van der Waals surface area (Å²) in [5, 5.41) is 4.56. The van der Waals surface area contributed by atoms with Crippen molar-refractivity contribution in [2.24, 2.45) is 0 Å². The first-order chi connectivity index (χ1) is 10.7. The number of nitrogens with one attached hydrogen (secondary N) is 1. The predicted molar refractivity (Wildman–Crippen MR) is 90.1 cm³/mol. The van der Waals surface area contributed by atoms with Crippen LogP contribution in [0, 0.1) is 0 Å². The molecule has 126 valence electrons. The van der Waals surface area contributed by atoms with E-state index in [0.29, 0.717) is 10.2 Å². The van der Waals surface area contributed by atoms with E-state index in [-0.39, 0.29) is 36.7 Å². The molecule has 0 saturated carbocycles. The number of nitrogens with zero attached hydrogens (tertiary/aromatic N) is 2. The Bertz CT molecular complexity index is 826. The molecule has 0 saturated heterocycles. The van der Waals surface area contributed by atoms with Crippen LogP contribution in [0.5, 0.6) is 0 Å². The second-order valence-corrected chi connectivity index (χ2v) is 7.17. The average Bonchev–Trinajstić information content (AvgIpc) is 2.91. The van der Waals surface area contributed by atoms with Gasteiger partial charge in [-0.05, 0) is 32.2 Å². The standard InChI is InChI=1S/C15H21N3O4S/c1-15(2,3)16-11(19)9-18-10-5-8-23-12(10)13(20)17(14(18)21)6-7-22-4/h5,8H,6-7,9H2,1-4H3,(H,16,19). The quantitative estimate of drug-likeness (QED) is 0.873. The highest BCUT2D eigenvalue weighted by atomic mass is 32.1. The molecule has 0 aliphatic rings. The van der Waals surface area contributed by atoms with Gasteiger partial charge in [-0.25, -0.2) is 4.79 Å². The minimum absolute atomic E-state index is 0.128. The monoisotopic (exact) mass is 339 g/mol. The van der Waals surface area contributed by atoms with E-state index >= 15 is 0 Å². The molecule has 1 amide bonds. The van der Waals surface area contributed by atoms with Gasteiger partial charge in [0.2, 0.25) is 5.91 Å². The van der Waals surface area contributed by atoms with Crippen LogP contribution < -0.4 is 16.6 Å². The Labute approximate surface area is 137 Å². The topological polar surface area (TPSA) is 82.3 Å². The third-order valence-corrected chi connectivity index (χ3v) is 4.06. The zero-order valence-electron chi connectivity index (χ0n) is 13.7. The van der Waals surface area contributed by atoms with Crippen LogP contribution in [0.25, 0.3) is 10.2 Å². The van der Waals surface area contributed by atoms with Crippen molar-refractivity contribution >= 4 is 27.5 Å².